The fourth-order valence-electron chi connectivity index (χ4n) is 4.49. The number of nitrogens with two attached hydrogens (primary N) is 1. The van der Waals surface area contributed by atoms with Gasteiger partial charge in [-0.25, -0.2) is 19.2 Å². The highest BCUT2D eigenvalue weighted by Gasteiger charge is 2.36. The van der Waals surface area contributed by atoms with E-state index >= 15 is 0 Å². The van der Waals surface area contributed by atoms with Gasteiger partial charge in [-0.3, -0.25) is 14.3 Å². The zero-order valence-corrected chi connectivity index (χ0v) is 21.0. The van der Waals surface area contributed by atoms with E-state index in [9.17, 15) is 9.18 Å². The Morgan fingerprint density at radius 1 is 1.16 bits per heavy atom. The summed E-state index contributed by atoms with van der Waals surface area (Å²) in [6.45, 7) is 6.30. The molecule has 192 valence electrons. The molecule has 1 amide bonds. The minimum absolute atomic E-state index is 0.147. The number of aromatic nitrogens is 4. The van der Waals surface area contributed by atoms with Crippen LogP contribution in [0.3, 0.4) is 0 Å². The lowest BCUT2D eigenvalue weighted by Crippen LogP contribution is -2.36. The number of benzene rings is 1. The molecule has 1 saturated heterocycles. The van der Waals surface area contributed by atoms with Crippen molar-refractivity contribution in [1.29, 1.82) is 0 Å². The molecular formula is C27H29FN6O3. The third kappa shape index (κ3) is 5.18. The molecule has 1 atom stereocenters. The number of halogens is 1. The summed E-state index contributed by atoms with van der Waals surface area (Å²) in [5, 5.41) is 0. The van der Waals surface area contributed by atoms with E-state index in [0.29, 0.717) is 40.8 Å². The van der Waals surface area contributed by atoms with Gasteiger partial charge in [-0.1, -0.05) is 0 Å². The third-order valence-corrected chi connectivity index (χ3v) is 6.08. The summed E-state index contributed by atoms with van der Waals surface area (Å²) in [6, 6.07) is 9.77. The number of imidazole rings is 1. The second kappa shape index (κ2) is 9.68. The van der Waals surface area contributed by atoms with Crippen LogP contribution in [0.2, 0.25) is 0 Å². The van der Waals surface area contributed by atoms with Crippen LogP contribution in [0.25, 0.3) is 16.8 Å². The summed E-state index contributed by atoms with van der Waals surface area (Å²) in [5.74, 6) is 1.30. The van der Waals surface area contributed by atoms with E-state index in [1.807, 2.05) is 55.6 Å². The van der Waals surface area contributed by atoms with Crippen LogP contribution in [0, 0.1) is 5.82 Å². The molecule has 4 heterocycles. The first-order valence-electron chi connectivity index (χ1n) is 12.2. The van der Waals surface area contributed by atoms with Crippen molar-refractivity contribution < 1.29 is 18.7 Å². The maximum absolute atomic E-state index is 13.4. The minimum atomic E-state index is -0.590. The number of carbonyl (C=O) groups is 1. The van der Waals surface area contributed by atoms with Gasteiger partial charge in [-0.2, -0.15) is 0 Å². The molecule has 10 heteroatoms. The van der Waals surface area contributed by atoms with Crippen molar-refractivity contribution in [1.82, 2.24) is 24.3 Å². The third-order valence-electron chi connectivity index (χ3n) is 6.08. The molecule has 0 saturated carbocycles. The molecule has 2 N–H and O–H groups in total. The molecule has 1 aromatic carbocycles. The number of ether oxygens (including phenoxy) is 2. The van der Waals surface area contributed by atoms with Crippen molar-refractivity contribution in [2.24, 2.45) is 0 Å². The molecule has 0 aliphatic carbocycles. The Morgan fingerprint density at radius 3 is 2.68 bits per heavy atom. The predicted molar refractivity (Wildman–Crippen MR) is 136 cm³/mol. The lowest BCUT2D eigenvalue weighted by atomic mass is 10.1. The van der Waals surface area contributed by atoms with E-state index in [1.54, 1.807) is 11.1 Å². The number of nitrogen functional groups attached to an aromatic ring is 1. The number of hydrogen-bond donors (Lipinski definition) is 1. The van der Waals surface area contributed by atoms with E-state index in [1.165, 1.54) is 18.3 Å². The molecule has 1 fully saturated rings. The predicted octanol–water partition coefficient (Wildman–Crippen LogP) is 5.16. The number of likely N-dealkylation sites (tertiary alicyclic amines) is 1. The number of fused-ring (bicyclic) bond motifs is 1. The van der Waals surface area contributed by atoms with Gasteiger partial charge in [0.05, 0.1) is 11.7 Å². The molecule has 9 nitrogen and oxygen atoms in total. The number of amides is 1. The van der Waals surface area contributed by atoms with Crippen LogP contribution >= 0.6 is 0 Å². The fraction of sp³-hybridized carbons (Fsp3) is 0.333. The van der Waals surface area contributed by atoms with Crippen LogP contribution in [0.4, 0.5) is 15.0 Å². The van der Waals surface area contributed by atoms with Crippen molar-refractivity contribution in [3.05, 3.63) is 72.3 Å². The summed E-state index contributed by atoms with van der Waals surface area (Å²) in [6.07, 6.45) is 6.10. The second-order valence-corrected chi connectivity index (χ2v) is 9.96. The van der Waals surface area contributed by atoms with Gasteiger partial charge in [-0.15, -0.1) is 0 Å². The van der Waals surface area contributed by atoms with Crippen LogP contribution in [0.1, 0.15) is 51.2 Å². The second-order valence-electron chi connectivity index (χ2n) is 9.96. The molecule has 4 aromatic rings. The van der Waals surface area contributed by atoms with Crippen molar-refractivity contribution in [3.63, 3.8) is 0 Å². The van der Waals surface area contributed by atoms with Gasteiger partial charge in [0.25, 0.3) is 0 Å². The number of anilines is 1. The van der Waals surface area contributed by atoms with Crippen LogP contribution < -0.4 is 10.5 Å². The first-order valence-corrected chi connectivity index (χ1v) is 12.2. The largest absolute Gasteiger partial charge is 0.487 e. The highest BCUT2D eigenvalue weighted by molar-refractivity contribution is 5.85. The van der Waals surface area contributed by atoms with E-state index in [-0.39, 0.29) is 24.6 Å². The molecule has 5 rings (SSSR count). The first kappa shape index (κ1) is 24.5. The molecule has 0 radical (unpaired) electrons. The van der Waals surface area contributed by atoms with Crippen LogP contribution in [-0.4, -0.2) is 42.5 Å². The monoisotopic (exact) mass is 504 g/mol. The lowest BCUT2D eigenvalue weighted by molar-refractivity contribution is 0.0218. The van der Waals surface area contributed by atoms with Crippen molar-refractivity contribution in [3.8, 4) is 17.0 Å². The van der Waals surface area contributed by atoms with Gasteiger partial charge in [-0.05, 0) is 70.0 Å². The maximum atomic E-state index is 13.4. The van der Waals surface area contributed by atoms with Crippen molar-refractivity contribution in [2.75, 3.05) is 12.3 Å². The number of hydrogen-bond acceptors (Lipinski definition) is 7. The quantitative estimate of drug-likeness (QED) is 0.400. The smallest absolute Gasteiger partial charge is 0.410 e. The van der Waals surface area contributed by atoms with E-state index in [4.69, 9.17) is 20.2 Å². The van der Waals surface area contributed by atoms with E-state index in [0.717, 1.165) is 18.4 Å². The zero-order valence-electron chi connectivity index (χ0n) is 21.0. The molecule has 37 heavy (non-hydrogen) atoms. The Kier molecular flexibility index (Phi) is 6.41. The molecule has 1 aliphatic rings. The fourth-order valence-corrected chi connectivity index (χ4v) is 4.49. The highest BCUT2D eigenvalue weighted by atomic mass is 19.1. The summed E-state index contributed by atoms with van der Waals surface area (Å²) >= 11 is 0. The van der Waals surface area contributed by atoms with Gasteiger partial charge in [0.2, 0.25) is 0 Å². The number of nitrogens with zero attached hydrogens (tertiary/aromatic N) is 5. The van der Waals surface area contributed by atoms with Gasteiger partial charge < -0.3 is 15.2 Å². The van der Waals surface area contributed by atoms with Crippen molar-refractivity contribution >= 4 is 17.4 Å². The van der Waals surface area contributed by atoms with Crippen LogP contribution in [0.5, 0.6) is 5.75 Å². The Labute approximate surface area is 214 Å². The molecule has 0 spiro atoms. The SMILES string of the molecule is CC(C)(C)OC(=O)N1CCC[C@H]1c1nc(-c2ccc(OCc3cc(F)ccn3)cc2)c2c(N)nccn12. The first-order chi connectivity index (χ1) is 17.7. The summed E-state index contributed by atoms with van der Waals surface area (Å²) in [5.41, 5.74) is 8.36. The number of pyridine rings is 1. The molecule has 0 unspecified atom stereocenters. The summed E-state index contributed by atoms with van der Waals surface area (Å²) in [7, 11) is 0. The Balaban J connectivity index is 1.44. The van der Waals surface area contributed by atoms with Crippen LogP contribution in [-0.2, 0) is 11.3 Å². The summed E-state index contributed by atoms with van der Waals surface area (Å²) < 4.78 is 26.7. The Morgan fingerprint density at radius 2 is 1.95 bits per heavy atom. The highest BCUT2D eigenvalue weighted by Crippen LogP contribution is 2.37. The number of rotatable bonds is 5. The maximum Gasteiger partial charge on any atom is 0.410 e. The van der Waals surface area contributed by atoms with Gasteiger partial charge >= 0.3 is 6.09 Å². The van der Waals surface area contributed by atoms with Gasteiger partial charge in [0.15, 0.2) is 0 Å². The summed E-state index contributed by atoms with van der Waals surface area (Å²) in [4.78, 5) is 28.0. The minimum Gasteiger partial charge on any atom is -0.487 e. The van der Waals surface area contributed by atoms with E-state index < -0.39 is 5.60 Å². The number of carbonyl (C=O) groups excluding carboxylic acids is 1. The molecule has 3 aromatic heterocycles. The zero-order chi connectivity index (χ0) is 26.2. The normalized spacial score (nSPS) is 15.8. The molecule has 0 bridgehead atoms. The van der Waals surface area contributed by atoms with E-state index in [2.05, 4.69) is 9.97 Å². The van der Waals surface area contributed by atoms with Gasteiger partial charge in [0, 0.05) is 30.7 Å². The lowest BCUT2D eigenvalue weighted by Gasteiger charge is -2.28. The van der Waals surface area contributed by atoms with Gasteiger partial charge in [0.1, 0.15) is 46.6 Å². The topological polar surface area (TPSA) is 108 Å². The Hall–Kier alpha value is -4.21. The Bertz CT molecular complexity index is 1430. The average Bonchev–Trinajstić information content (AvgIpc) is 3.48. The van der Waals surface area contributed by atoms with Crippen molar-refractivity contribution in [2.45, 2.75) is 51.9 Å². The average molecular weight is 505 g/mol. The molecule has 1 aliphatic heterocycles. The molecular weight excluding hydrogens is 475 g/mol. The van der Waals surface area contributed by atoms with Crippen LogP contribution in [0.15, 0.2) is 55.0 Å². The standard InChI is InChI=1S/C27H29FN6O3/c1-27(2,3)37-26(35)33-13-4-5-21(33)25-32-22(23-24(29)31-12-14-34(23)25)17-6-8-20(9-7-17)36-16-19-15-18(28)10-11-30-19/h6-12,14-15,21H,4-5,13,16H2,1-3H3,(H2,29,31)/t21-/m0/s1.